The zero-order chi connectivity index (χ0) is 18.4. The van der Waals surface area contributed by atoms with Crippen LogP contribution in [0.2, 0.25) is 0 Å². The Morgan fingerprint density at radius 3 is 2.96 bits per heavy atom. The fourth-order valence-corrected chi connectivity index (χ4v) is 3.97. The monoisotopic (exact) mass is 363 g/mol. The number of anilines is 1. The lowest BCUT2D eigenvalue weighted by atomic mass is 10.0. The van der Waals surface area contributed by atoms with Crippen molar-refractivity contribution in [3.05, 3.63) is 47.7 Å². The molecule has 0 unspecified atom stereocenters. The number of piperidine rings is 1. The number of fused-ring (bicyclic) bond motifs is 3. The van der Waals surface area contributed by atoms with Gasteiger partial charge in [0, 0.05) is 36.2 Å². The third kappa shape index (κ3) is 2.86. The van der Waals surface area contributed by atoms with E-state index in [4.69, 9.17) is 9.72 Å². The molecule has 0 aromatic carbocycles. The number of pyridine rings is 1. The highest BCUT2D eigenvalue weighted by atomic mass is 16.5. The molecule has 138 valence electrons. The average molecular weight is 363 g/mol. The van der Waals surface area contributed by atoms with Crippen LogP contribution in [0.15, 0.2) is 30.6 Å². The van der Waals surface area contributed by atoms with E-state index < -0.39 is 0 Å². The van der Waals surface area contributed by atoms with Crippen molar-refractivity contribution in [2.45, 2.75) is 39.0 Å². The molecule has 27 heavy (non-hydrogen) atoms. The van der Waals surface area contributed by atoms with Gasteiger partial charge in [-0.25, -0.2) is 14.6 Å². The molecule has 0 aliphatic carbocycles. The largest absolute Gasteiger partial charge is 0.370 e. The summed E-state index contributed by atoms with van der Waals surface area (Å²) in [6.45, 7) is 6.22. The molecule has 0 amide bonds. The maximum atomic E-state index is 5.99. The molecule has 8 nitrogen and oxygen atoms in total. The van der Waals surface area contributed by atoms with Crippen LogP contribution in [-0.4, -0.2) is 49.1 Å². The summed E-state index contributed by atoms with van der Waals surface area (Å²) in [6.07, 6.45) is 4.69. The Kier molecular flexibility index (Phi) is 3.86. The molecule has 5 heterocycles. The first kappa shape index (κ1) is 16.3. The summed E-state index contributed by atoms with van der Waals surface area (Å²) >= 11 is 0. The third-order valence-electron chi connectivity index (χ3n) is 5.36. The molecule has 0 bridgehead atoms. The highest BCUT2D eigenvalue weighted by Gasteiger charge is 2.37. The van der Waals surface area contributed by atoms with E-state index in [1.807, 2.05) is 36.9 Å². The average Bonchev–Trinajstić information content (AvgIpc) is 3.17. The van der Waals surface area contributed by atoms with Gasteiger partial charge in [0.15, 0.2) is 0 Å². The molecule has 3 aromatic heterocycles. The van der Waals surface area contributed by atoms with Gasteiger partial charge in [0.25, 0.3) is 0 Å². The quantitative estimate of drug-likeness (QED) is 0.689. The summed E-state index contributed by atoms with van der Waals surface area (Å²) in [7, 11) is 0. The fourth-order valence-electron chi connectivity index (χ4n) is 3.97. The molecular formula is C19H21N7O. The van der Waals surface area contributed by atoms with Gasteiger partial charge in [-0.05, 0) is 38.5 Å². The first-order valence-electron chi connectivity index (χ1n) is 9.22. The zero-order valence-corrected chi connectivity index (χ0v) is 15.4. The number of aromatic nitrogens is 6. The second-order valence-corrected chi connectivity index (χ2v) is 7.15. The molecule has 5 rings (SSSR count). The van der Waals surface area contributed by atoms with E-state index in [1.54, 1.807) is 6.20 Å². The highest BCUT2D eigenvalue weighted by molar-refractivity contribution is 5.62. The molecule has 2 aliphatic heterocycles. The molecule has 0 N–H and O–H groups in total. The van der Waals surface area contributed by atoms with Gasteiger partial charge in [-0.1, -0.05) is 5.21 Å². The fraction of sp³-hybridized carbons (Fsp3) is 0.421. The number of hydrogen-bond acceptors (Lipinski definition) is 7. The first-order chi connectivity index (χ1) is 13.2. The van der Waals surface area contributed by atoms with Gasteiger partial charge in [-0.3, -0.25) is 4.98 Å². The maximum Gasteiger partial charge on any atom is 0.225 e. The number of ether oxygens (including phenoxy) is 1. The Labute approximate surface area is 157 Å². The molecule has 3 aromatic rings. The summed E-state index contributed by atoms with van der Waals surface area (Å²) in [5.41, 5.74) is 4.95. The minimum Gasteiger partial charge on any atom is -0.370 e. The molecule has 0 saturated carbocycles. The van der Waals surface area contributed by atoms with Crippen LogP contribution in [0, 0.1) is 13.8 Å². The second-order valence-electron chi connectivity index (χ2n) is 7.15. The lowest BCUT2D eigenvalue weighted by molar-refractivity contribution is -0.0374. The van der Waals surface area contributed by atoms with E-state index in [0.29, 0.717) is 6.61 Å². The van der Waals surface area contributed by atoms with Crippen molar-refractivity contribution in [3.63, 3.8) is 0 Å². The number of rotatable bonds is 2. The van der Waals surface area contributed by atoms with Gasteiger partial charge in [0.05, 0.1) is 36.3 Å². The molecular weight excluding hydrogens is 342 g/mol. The van der Waals surface area contributed by atoms with E-state index in [2.05, 4.69) is 31.2 Å². The number of hydrogen-bond donors (Lipinski definition) is 0. The van der Waals surface area contributed by atoms with Crippen molar-refractivity contribution in [3.8, 4) is 11.3 Å². The Bertz CT molecular complexity index is 986. The summed E-state index contributed by atoms with van der Waals surface area (Å²) in [6, 6.07) is 6.17. The van der Waals surface area contributed by atoms with Crippen molar-refractivity contribution in [1.82, 2.24) is 29.9 Å². The summed E-state index contributed by atoms with van der Waals surface area (Å²) in [4.78, 5) is 16.1. The van der Waals surface area contributed by atoms with Crippen LogP contribution in [0.1, 0.15) is 29.5 Å². The topological polar surface area (TPSA) is 81.9 Å². The summed E-state index contributed by atoms with van der Waals surface area (Å²) < 4.78 is 7.99. The zero-order valence-electron chi connectivity index (χ0n) is 15.4. The van der Waals surface area contributed by atoms with E-state index in [9.17, 15) is 0 Å². The standard InChI is InChI=1S/C19H21N7O/c1-12-3-4-15(13(2)22-12)16-5-7-20-19(23-16)25-8-6-18-17(10-25)26-14(11-27-18)9-21-24-26/h3-5,7,9,17-18H,6,8,10-11H2,1-2H3/t17-,18-/m0/s1. The second kappa shape index (κ2) is 6.38. The lowest BCUT2D eigenvalue weighted by Gasteiger charge is -2.41. The van der Waals surface area contributed by atoms with Crippen molar-refractivity contribution in [2.24, 2.45) is 0 Å². The van der Waals surface area contributed by atoms with Gasteiger partial charge in [-0.2, -0.15) is 0 Å². The van der Waals surface area contributed by atoms with Crippen LogP contribution in [0.3, 0.4) is 0 Å². The lowest BCUT2D eigenvalue weighted by Crippen LogP contribution is -2.48. The van der Waals surface area contributed by atoms with E-state index in [0.717, 1.165) is 53.8 Å². The first-order valence-corrected chi connectivity index (χ1v) is 9.22. The molecule has 2 aliphatic rings. The maximum absolute atomic E-state index is 5.99. The Morgan fingerprint density at radius 1 is 1.15 bits per heavy atom. The summed E-state index contributed by atoms with van der Waals surface area (Å²) in [5.74, 6) is 0.734. The predicted octanol–water partition coefficient (Wildman–Crippen LogP) is 2.10. The van der Waals surface area contributed by atoms with Crippen molar-refractivity contribution < 1.29 is 4.74 Å². The van der Waals surface area contributed by atoms with Gasteiger partial charge in [0.2, 0.25) is 5.95 Å². The molecule has 1 saturated heterocycles. The van der Waals surface area contributed by atoms with Crippen molar-refractivity contribution >= 4 is 5.95 Å². The normalized spacial score (nSPS) is 21.6. The van der Waals surface area contributed by atoms with Gasteiger partial charge in [-0.15, -0.1) is 5.10 Å². The predicted molar refractivity (Wildman–Crippen MR) is 99.2 cm³/mol. The Balaban J connectivity index is 1.44. The van der Waals surface area contributed by atoms with Crippen LogP contribution in [-0.2, 0) is 11.3 Å². The Morgan fingerprint density at radius 2 is 2.07 bits per heavy atom. The third-order valence-corrected chi connectivity index (χ3v) is 5.36. The minimum atomic E-state index is 0.139. The van der Waals surface area contributed by atoms with Crippen molar-refractivity contribution in [2.75, 3.05) is 18.0 Å². The SMILES string of the molecule is Cc1ccc(-c2ccnc(N3CC[C@@H]4OCc5cnnn5[C@H]4C3)n2)c(C)n1. The smallest absolute Gasteiger partial charge is 0.225 e. The van der Waals surface area contributed by atoms with Gasteiger partial charge < -0.3 is 9.64 Å². The van der Waals surface area contributed by atoms with Crippen molar-refractivity contribution in [1.29, 1.82) is 0 Å². The van der Waals surface area contributed by atoms with E-state index in [-0.39, 0.29) is 12.1 Å². The van der Waals surface area contributed by atoms with E-state index in [1.165, 1.54) is 0 Å². The van der Waals surface area contributed by atoms with Gasteiger partial charge in [0.1, 0.15) is 0 Å². The Hall–Kier alpha value is -2.87. The van der Waals surface area contributed by atoms with Crippen LogP contribution >= 0.6 is 0 Å². The highest BCUT2D eigenvalue weighted by Crippen LogP contribution is 2.32. The molecule has 0 spiro atoms. The van der Waals surface area contributed by atoms with Crippen LogP contribution in [0.5, 0.6) is 0 Å². The molecule has 1 fully saturated rings. The number of aryl methyl sites for hydroxylation is 2. The number of nitrogens with zero attached hydrogens (tertiary/aromatic N) is 7. The van der Waals surface area contributed by atoms with Gasteiger partial charge >= 0.3 is 0 Å². The summed E-state index contributed by atoms with van der Waals surface area (Å²) in [5, 5.41) is 8.30. The van der Waals surface area contributed by atoms with Crippen LogP contribution in [0.4, 0.5) is 5.95 Å². The molecule has 0 radical (unpaired) electrons. The van der Waals surface area contributed by atoms with Crippen LogP contribution in [0.25, 0.3) is 11.3 Å². The molecule has 8 heteroatoms. The minimum absolute atomic E-state index is 0.139. The van der Waals surface area contributed by atoms with Crippen LogP contribution < -0.4 is 4.90 Å². The molecule has 2 atom stereocenters. The van der Waals surface area contributed by atoms with E-state index >= 15 is 0 Å².